The molecule has 0 aliphatic carbocycles. The van der Waals surface area contributed by atoms with Crippen LogP contribution < -0.4 is 29.2 Å². The zero-order chi connectivity index (χ0) is 20.5. The average Bonchev–Trinajstić information content (AvgIpc) is 2.72. The second-order valence-electron chi connectivity index (χ2n) is 6.45. The van der Waals surface area contributed by atoms with Gasteiger partial charge in [-0.1, -0.05) is 6.07 Å². The molecular formula is C21H29N2O5+. The smallest absolute Gasteiger partial charge is 0.275 e. The zero-order valence-electron chi connectivity index (χ0n) is 17.1. The molecule has 2 rings (SSSR count). The largest absolute Gasteiger partial charge is 0.497 e. The van der Waals surface area contributed by atoms with Crippen molar-refractivity contribution >= 4 is 5.91 Å². The number of methoxy groups -OCH3 is 4. The van der Waals surface area contributed by atoms with E-state index in [1.807, 2.05) is 43.4 Å². The number of carbonyl (C=O) groups excluding carboxylic acids is 1. The molecule has 7 heteroatoms. The van der Waals surface area contributed by atoms with Crippen molar-refractivity contribution in [3.05, 3.63) is 47.5 Å². The summed E-state index contributed by atoms with van der Waals surface area (Å²) in [6.45, 7) is 1.44. The van der Waals surface area contributed by atoms with Gasteiger partial charge in [0.25, 0.3) is 5.91 Å². The Kier molecular flexibility index (Phi) is 7.95. The SMILES string of the molecule is COc1ccc(C[NH+](C)CC(=O)NCc2ccc(OC)c(OC)c2)c(OC)c1. The Labute approximate surface area is 166 Å². The maximum Gasteiger partial charge on any atom is 0.275 e. The molecule has 1 atom stereocenters. The summed E-state index contributed by atoms with van der Waals surface area (Å²) in [5, 5.41) is 2.94. The normalized spacial score (nSPS) is 11.5. The fourth-order valence-electron chi connectivity index (χ4n) is 2.91. The van der Waals surface area contributed by atoms with Crippen LogP contribution in [0.25, 0.3) is 0 Å². The second kappa shape index (κ2) is 10.4. The van der Waals surface area contributed by atoms with Crippen molar-refractivity contribution in [2.75, 3.05) is 42.0 Å². The average molecular weight is 389 g/mol. The van der Waals surface area contributed by atoms with E-state index in [2.05, 4.69) is 5.32 Å². The van der Waals surface area contributed by atoms with Crippen molar-refractivity contribution in [2.24, 2.45) is 0 Å². The Bertz CT molecular complexity index is 794. The lowest BCUT2D eigenvalue weighted by Crippen LogP contribution is -3.08. The Balaban J connectivity index is 1.89. The molecule has 0 aliphatic heterocycles. The number of amides is 1. The summed E-state index contributed by atoms with van der Waals surface area (Å²) in [7, 11) is 8.40. The third-order valence-corrected chi connectivity index (χ3v) is 4.39. The van der Waals surface area contributed by atoms with Crippen molar-refractivity contribution in [2.45, 2.75) is 13.1 Å². The first kappa shape index (κ1) is 21.4. The van der Waals surface area contributed by atoms with Crippen LogP contribution in [0.4, 0.5) is 0 Å². The number of quaternary nitrogens is 1. The number of nitrogens with one attached hydrogen (secondary N) is 2. The van der Waals surface area contributed by atoms with Crippen LogP contribution in [0.3, 0.4) is 0 Å². The van der Waals surface area contributed by atoms with Gasteiger partial charge in [0.2, 0.25) is 0 Å². The molecule has 7 nitrogen and oxygen atoms in total. The molecule has 0 saturated carbocycles. The van der Waals surface area contributed by atoms with Crippen LogP contribution in [0.5, 0.6) is 23.0 Å². The number of likely N-dealkylation sites (N-methyl/N-ethyl adjacent to an activating group) is 1. The summed E-state index contributed by atoms with van der Waals surface area (Å²) in [4.78, 5) is 13.4. The minimum Gasteiger partial charge on any atom is -0.497 e. The molecular weight excluding hydrogens is 360 g/mol. The lowest BCUT2D eigenvalue weighted by atomic mass is 10.1. The zero-order valence-corrected chi connectivity index (χ0v) is 17.1. The molecule has 1 amide bonds. The lowest BCUT2D eigenvalue weighted by molar-refractivity contribution is -0.885. The van der Waals surface area contributed by atoms with Gasteiger partial charge < -0.3 is 29.2 Å². The standard InChI is InChI=1S/C21H28N2O5/c1-23(13-16-7-8-17(25-2)11-19(16)27-4)14-21(24)22-12-15-6-9-18(26-3)20(10-15)28-5/h6-11H,12-14H2,1-5H3,(H,22,24)/p+1. The maximum absolute atomic E-state index is 12.3. The van der Waals surface area contributed by atoms with E-state index in [1.54, 1.807) is 28.4 Å². The monoisotopic (exact) mass is 389 g/mol. The number of carbonyl (C=O) groups is 1. The van der Waals surface area contributed by atoms with Crippen LogP contribution in [0.2, 0.25) is 0 Å². The van der Waals surface area contributed by atoms with Crippen LogP contribution in [-0.4, -0.2) is 47.9 Å². The van der Waals surface area contributed by atoms with Crippen molar-refractivity contribution < 1.29 is 28.6 Å². The van der Waals surface area contributed by atoms with E-state index in [1.165, 1.54) is 0 Å². The molecule has 0 spiro atoms. The van der Waals surface area contributed by atoms with Crippen molar-refractivity contribution in [1.82, 2.24) is 5.32 Å². The molecule has 0 aromatic heterocycles. The van der Waals surface area contributed by atoms with E-state index in [4.69, 9.17) is 18.9 Å². The van der Waals surface area contributed by atoms with Crippen LogP contribution in [-0.2, 0) is 17.9 Å². The van der Waals surface area contributed by atoms with E-state index >= 15 is 0 Å². The van der Waals surface area contributed by atoms with Crippen LogP contribution in [0.1, 0.15) is 11.1 Å². The van der Waals surface area contributed by atoms with E-state index in [9.17, 15) is 4.79 Å². The fourth-order valence-corrected chi connectivity index (χ4v) is 2.91. The summed E-state index contributed by atoms with van der Waals surface area (Å²) < 4.78 is 21.2. The Morgan fingerprint density at radius 2 is 1.61 bits per heavy atom. The third-order valence-electron chi connectivity index (χ3n) is 4.39. The van der Waals surface area contributed by atoms with Gasteiger partial charge >= 0.3 is 0 Å². The second-order valence-corrected chi connectivity index (χ2v) is 6.45. The highest BCUT2D eigenvalue weighted by Crippen LogP contribution is 2.27. The van der Waals surface area contributed by atoms with Gasteiger partial charge in [0.05, 0.1) is 35.5 Å². The van der Waals surface area contributed by atoms with E-state index in [-0.39, 0.29) is 5.91 Å². The molecule has 152 valence electrons. The summed E-state index contributed by atoms with van der Waals surface area (Å²) in [5.41, 5.74) is 1.97. The highest BCUT2D eigenvalue weighted by Gasteiger charge is 2.14. The highest BCUT2D eigenvalue weighted by molar-refractivity contribution is 5.76. The fraction of sp³-hybridized carbons (Fsp3) is 0.381. The van der Waals surface area contributed by atoms with E-state index in [0.29, 0.717) is 31.1 Å². The molecule has 0 saturated heterocycles. The molecule has 0 aliphatic rings. The first-order valence-electron chi connectivity index (χ1n) is 9.00. The molecule has 28 heavy (non-hydrogen) atoms. The van der Waals surface area contributed by atoms with Gasteiger partial charge in [0.1, 0.15) is 18.0 Å². The Hall–Kier alpha value is -2.93. The van der Waals surface area contributed by atoms with Crippen molar-refractivity contribution in [3.8, 4) is 23.0 Å². The first-order chi connectivity index (χ1) is 13.5. The molecule has 0 fully saturated rings. The van der Waals surface area contributed by atoms with Gasteiger partial charge in [-0.2, -0.15) is 0 Å². The van der Waals surface area contributed by atoms with Gasteiger partial charge in [-0.05, 0) is 29.8 Å². The highest BCUT2D eigenvalue weighted by atomic mass is 16.5. The minimum atomic E-state index is -0.0280. The molecule has 2 aromatic carbocycles. The van der Waals surface area contributed by atoms with E-state index < -0.39 is 0 Å². The number of hydrogen-bond acceptors (Lipinski definition) is 5. The van der Waals surface area contributed by atoms with Gasteiger partial charge in [-0.15, -0.1) is 0 Å². The lowest BCUT2D eigenvalue weighted by Gasteiger charge is -2.16. The number of rotatable bonds is 10. The summed E-state index contributed by atoms with van der Waals surface area (Å²) >= 11 is 0. The summed E-state index contributed by atoms with van der Waals surface area (Å²) in [5.74, 6) is 2.77. The topological polar surface area (TPSA) is 70.5 Å². The molecule has 2 N–H and O–H groups in total. The molecule has 1 unspecified atom stereocenters. The van der Waals surface area contributed by atoms with Crippen molar-refractivity contribution in [1.29, 1.82) is 0 Å². The summed E-state index contributed by atoms with van der Waals surface area (Å²) in [6.07, 6.45) is 0. The van der Waals surface area contributed by atoms with Gasteiger partial charge in [0.15, 0.2) is 18.0 Å². The molecule has 0 radical (unpaired) electrons. The third kappa shape index (κ3) is 5.79. The first-order valence-corrected chi connectivity index (χ1v) is 9.00. The van der Waals surface area contributed by atoms with Crippen LogP contribution in [0, 0.1) is 0 Å². The predicted molar refractivity (Wildman–Crippen MR) is 106 cm³/mol. The molecule has 2 aromatic rings. The quantitative estimate of drug-likeness (QED) is 0.636. The van der Waals surface area contributed by atoms with Crippen LogP contribution in [0.15, 0.2) is 36.4 Å². The molecule has 0 heterocycles. The maximum atomic E-state index is 12.3. The molecule has 0 bridgehead atoms. The van der Waals surface area contributed by atoms with Gasteiger partial charge in [-0.25, -0.2) is 0 Å². The van der Waals surface area contributed by atoms with Crippen LogP contribution >= 0.6 is 0 Å². The van der Waals surface area contributed by atoms with E-state index in [0.717, 1.165) is 27.5 Å². The number of benzene rings is 2. The van der Waals surface area contributed by atoms with Gasteiger partial charge in [0, 0.05) is 18.2 Å². The summed E-state index contributed by atoms with van der Waals surface area (Å²) in [6, 6.07) is 11.3. The number of ether oxygens (including phenoxy) is 4. The Morgan fingerprint density at radius 1 is 0.893 bits per heavy atom. The Morgan fingerprint density at radius 3 is 2.25 bits per heavy atom. The van der Waals surface area contributed by atoms with Crippen molar-refractivity contribution in [3.63, 3.8) is 0 Å². The van der Waals surface area contributed by atoms with Gasteiger partial charge in [-0.3, -0.25) is 4.79 Å². The predicted octanol–water partition coefficient (Wildman–Crippen LogP) is 1.05. The minimum absolute atomic E-state index is 0.0280. The number of hydrogen-bond donors (Lipinski definition) is 2.